The molecule has 0 spiro atoms. The van der Waals surface area contributed by atoms with E-state index in [-0.39, 0.29) is 5.91 Å². The summed E-state index contributed by atoms with van der Waals surface area (Å²) in [6.07, 6.45) is 0. The van der Waals surface area contributed by atoms with Crippen LogP contribution in [-0.4, -0.2) is 19.5 Å². The largest absolute Gasteiger partial charge is 0.314 e. The number of likely N-dealkylation sites (N-methyl/N-ethyl adjacent to an activating group) is 1. The Morgan fingerprint density at radius 2 is 2.08 bits per heavy atom. The second kappa shape index (κ2) is 3.18. The van der Waals surface area contributed by atoms with Crippen LogP contribution >= 0.6 is 0 Å². The van der Waals surface area contributed by atoms with Crippen molar-refractivity contribution in [2.45, 2.75) is 6.54 Å². The summed E-state index contributed by atoms with van der Waals surface area (Å²) in [5, 5.41) is 3.09. The van der Waals surface area contributed by atoms with Gasteiger partial charge in [0.1, 0.15) is 0 Å². The van der Waals surface area contributed by atoms with Crippen LogP contribution in [0.4, 0.5) is 5.69 Å². The van der Waals surface area contributed by atoms with Crippen molar-refractivity contribution in [3.8, 4) is 0 Å². The molecular weight excluding hydrogens is 164 g/mol. The van der Waals surface area contributed by atoms with E-state index >= 15 is 0 Å². The van der Waals surface area contributed by atoms with Crippen LogP contribution in [0.1, 0.15) is 5.56 Å². The third-order valence-corrected chi connectivity index (χ3v) is 2.32. The molecule has 1 aliphatic rings. The number of rotatable bonds is 0. The quantitative estimate of drug-likeness (QED) is 0.632. The minimum absolute atomic E-state index is 0.116. The number of carbonyl (C=O) groups is 1. The summed E-state index contributed by atoms with van der Waals surface area (Å²) in [5.41, 5.74) is 2.19. The molecule has 1 heterocycles. The summed E-state index contributed by atoms with van der Waals surface area (Å²) in [6.45, 7) is 1.19. The van der Waals surface area contributed by atoms with E-state index in [2.05, 4.69) is 5.32 Å². The monoisotopic (exact) mass is 176 g/mol. The van der Waals surface area contributed by atoms with Crippen LogP contribution < -0.4 is 10.2 Å². The lowest BCUT2D eigenvalue weighted by Gasteiger charge is -2.16. The Hall–Kier alpha value is -1.35. The van der Waals surface area contributed by atoms with Crippen molar-refractivity contribution in [2.24, 2.45) is 0 Å². The molecule has 1 aromatic rings. The molecule has 1 aliphatic heterocycles. The summed E-state index contributed by atoms with van der Waals surface area (Å²) in [5.74, 6) is 0.116. The van der Waals surface area contributed by atoms with Gasteiger partial charge in [-0.15, -0.1) is 0 Å². The van der Waals surface area contributed by atoms with Gasteiger partial charge in [0.15, 0.2) is 0 Å². The first-order valence-electron chi connectivity index (χ1n) is 4.34. The van der Waals surface area contributed by atoms with Crippen LogP contribution in [0.15, 0.2) is 24.3 Å². The smallest absolute Gasteiger partial charge is 0.240 e. The lowest BCUT2D eigenvalue weighted by Crippen LogP contribution is -2.31. The van der Waals surface area contributed by atoms with Gasteiger partial charge in [-0.2, -0.15) is 0 Å². The highest BCUT2D eigenvalue weighted by Gasteiger charge is 2.16. The number of fused-ring (bicyclic) bond motifs is 1. The predicted molar refractivity (Wildman–Crippen MR) is 51.6 cm³/mol. The van der Waals surface area contributed by atoms with Gasteiger partial charge in [0.25, 0.3) is 0 Å². The van der Waals surface area contributed by atoms with E-state index in [9.17, 15) is 4.79 Å². The van der Waals surface area contributed by atoms with Crippen LogP contribution in [0, 0.1) is 0 Å². The fourth-order valence-electron chi connectivity index (χ4n) is 1.54. The van der Waals surface area contributed by atoms with Gasteiger partial charge >= 0.3 is 0 Å². The third-order valence-electron chi connectivity index (χ3n) is 2.32. The molecule has 0 saturated heterocycles. The Kier molecular flexibility index (Phi) is 2.02. The topological polar surface area (TPSA) is 32.3 Å². The van der Waals surface area contributed by atoms with E-state index in [4.69, 9.17) is 0 Å². The molecule has 3 heteroatoms. The average molecular weight is 176 g/mol. The number of hydrogen-bond acceptors (Lipinski definition) is 2. The van der Waals surface area contributed by atoms with E-state index in [1.54, 1.807) is 4.90 Å². The molecule has 1 amide bonds. The van der Waals surface area contributed by atoms with Crippen LogP contribution in [0.5, 0.6) is 0 Å². The second-order valence-electron chi connectivity index (χ2n) is 3.19. The first-order chi connectivity index (χ1) is 6.29. The highest BCUT2D eigenvalue weighted by atomic mass is 16.2. The zero-order valence-corrected chi connectivity index (χ0v) is 7.58. The molecule has 0 aliphatic carbocycles. The standard InChI is InChI=1S/C10H12N2O/c1-12-9-5-3-2-4-8(9)6-11-7-10(12)13/h2-5,11H,6-7H2,1H3. The van der Waals surface area contributed by atoms with Crippen LogP contribution in [-0.2, 0) is 11.3 Å². The number of hydrogen-bond donors (Lipinski definition) is 1. The number of carbonyl (C=O) groups excluding carboxylic acids is 1. The molecule has 0 radical (unpaired) electrons. The highest BCUT2D eigenvalue weighted by molar-refractivity contribution is 5.95. The van der Waals surface area contributed by atoms with E-state index in [0.717, 1.165) is 12.2 Å². The Bertz CT molecular complexity index is 335. The summed E-state index contributed by atoms with van der Waals surface area (Å²) in [4.78, 5) is 13.1. The molecule has 2 rings (SSSR count). The van der Waals surface area contributed by atoms with Gasteiger partial charge in [-0.1, -0.05) is 18.2 Å². The lowest BCUT2D eigenvalue weighted by atomic mass is 10.1. The fraction of sp³-hybridized carbons (Fsp3) is 0.300. The molecule has 13 heavy (non-hydrogen) atoms. The molecule has 0 unspecified atom stereocenters. The highest BCUT2D eigenvalue weighted by Crippen LogP contribution is 2.20. The van der Waals surface area contributed by atoms with Crippen LogP contribution in [0.25, 0.3) is 0 Å². The summed E-state index contributed by atoms with van der Waals surface area (Å²) in [7, 11) is 1.81. The van der Waals surface area contributed by atoms with Crippen molar-refractivity contribution in [2.75, 3.05) is 18.5 Å². The van der Waals surface area contributed by atoms with Crippen LogP contribution in [0.2, 0.25) is 0 Å². The number of benzene rings is 1. The third kappa shape index (κ3) is 1.42. The first kappa shape index (κ1) is 8.26. The maximum atomic E-state index is 11.4. The number of nitrogens with one attached hydrogen (secondary N) is 1. The van der Waals surface area contributed by atoms with Crippen molar-refractivity contribution >= 4 is 11.6 Å². The van der Waals surface area contributed by atoms with Crippen molar-refractivity contribution in [1.82, 2.24) is 5.32 Å². The van der Waals surface area contributed by atoms with Crippen molar-refractivity contribution < 1.29 is 4.79 Å². The minimum Gasteiger partial charge on any atom is -0.314 e. The van der Waals surface area contributed by atoms with Crippen LogP contribution in [0.3, 0.4) is 0 Å². The van der Waals surface area contributed by atoms with E-state index in [0.29, 0.717) is 6.54 Å². The van der Waals surface area contributed by atoms with Crippen molar-refractivity contribution in [1.29, 1.82) is 0 Å². The maximum absolute atomic E-state index is 11.4. The SMILES string of the molecule is CN1C(=O)CNCc2ccccc21. The molecule has 1 aromatic carbocycles. The van der Waals surface area contributed by atoms with Gasteiger partial charge < -0.3 is 10.2 Å². The van der Waals surface area contributed by atoms with Gasteiger partial charge in [-0.25, -0.2) is 0 Å². The normalized spacial score (nSPS) is 16.7. The van der Waals surface area contributed by atoms with Gasteiger partial charge in [-0.3, -0.25) is 4.79 Å². The molecule has 0 saturated carbocycles. The average Bonchev–Trinajstić information content (AvgIpc) is 2.29. The predicted octanol–water partition coefficient (Wildman–Crippen LogP) is 0.753. The second-order valence-corrected chi connectivity index (χ2v) is 3.19. The number of nitrogens with zero attached hydrogens (tertiary/aromatic N) is 1. The molecule has 0 aromatic heterocycles. The van der Waals surface area contributed by atoms with Crippen molar-refractivity contribution in [3.63, 3.8) is 0 Å². The Labute approximate surface area is 77.4 Å². The molecule has 68 valence electrons. The zero-order valence-electron chi connectivity index (χ0n) is 7.58. The molecule has 0 fully saturated rings. The lowest BCUT2D eigenvalue weighted by molar-refractivity contribution is -0.117. The van der Waals surface area contributed by atoms with Gasteiger partial charge in [0, 0.05) is 19.3 Å². The number of anilines is 1. The van der Waals surface area contributed by atoms with Crippen molar-refractivity contribution in [3.05, 3.63) is 29.8 Å². The molecule has 0 atom stereocenters. The molecule has 3 nitrogen and oxygen atoms in total. The maximum Gasteiger partial charge on any atom is 0.240 e. The van der Waals surface area contributed by atoms with Gasteiger partial charge in [0.2, 0.25) is 5.91 Å². The molecule has 1 N–H and O–H groups in total. The van der Waals surface area contributed by atoms with E-state index in [1.807, 2.05) is 31.3 Å². The molecular formula is C10H12N2O. The summed E-state index contributed by atoms with van der Waals surface area (Å²) in [6, 6.07) is 7.95. The minimum atomic E-state index is 0.116. The fourth-order valence-corrected chi connectivity index (χ4v) is 1.54. The van der Waals surface area contributed by atoms with Gasteiger partial charge in [0.05, 0.1) is 6.54 Å². The summed E-state index contributed by atoms with van der Waals surface area (Å²) >= 11 is 0. The summed E-state index contributed by atoms with van der Waals surface area (Å²) < 4.78 is 0. The van der Waals surface area contributed by atoms with E-state index < -0.39 is 0 Å². The number of para-hydroxylation sites is 1. The van der Waals surface area contributed by atoms with Gasteiger partial charge in [-0.05, 0) is 11.6 Å². The molecule has 0 bridgehead atoms. The van der Waals surface area contributed by atoms with E-state index in [1.165, 1.54) is 5.56 Å². The Balaban J connectivity index is 2.46. The Morgan fingerprint density at radius 3 is 2.92 bits per heavy atom. The number of amides is 1. The Morgan fingerprint density at radius 1 is 1.31 bits per heavy atom. The first-order valence-corrected chi connectivity index (χ1v) is 4.34. The zero-order chi connectivity index (χ0) is 9.26.